The zero-order chi connectivity index (χ0) is 16.9. The normalized spacial score (nSPS) is 24.9. The summed E-state index contributed by atoms with van der Waals surface area (Å²) in [6.45, 7) is 10.1. The van der Waals surface area contributed by atoms with E-state index in [1.54, 1.807) is 6.92 Å². The molecular weight excluding hydrogens is 302 g/mol. The van der Waals surface area contributed by atoms with Crippen molar-refractivity contribution >= 4 is 11.6 Å². The minimum atomic E-state index is 0.194. The molecule has 2 aliphatic heterocycles. The highest BCUT2D eigenvalue weighted by Gasteiger charge is 2.26. The summed E-state index contributed by atoms with van der Waals surface area (Å²) < 4.78 is 5.41. The Balaban J connectivity index is 1.49. The average Bonchev–Trinajstić information content (AvgIpc) is 2.62. The number of likely N-dealkylation sites (tertiary alicyclic amines) is 1. The van der Waals surface area contributed by atoms with Gasteiger partial charge < -0.3 is 19.9 Å². The van der Waals surface area contributed by atoms with Crippen molar-refractivity contribution in [3.63, 3.8) is 0 Å². The topological polar surface area (TPSA) is 44.8 Å². The lowest BCUT2D eigenvalue weighted by Crippen LogP contribution is -2.49. The number of piperidine rings is 1. The summed E-state index contributed by atoms with van der Waals surface area (Å²) in [7, 11) is 0. The Hall–Kier alpha value is -1.59. The number of carbonyl (C=O) groups is 1. The number of morpholine rings is 1. The highest BCUT2D eigenvalue weighted by molar-refractivity contribution is 5.73. The van der Waals surface area contributed by atoms with E-state index in [1.807, 2.05) is 4.90 Å². The van der Waals surface area contributed by atoms with Gasteiger partial charge in [0.15, 0.2) is 0 Å². The molecule has 2 saturated heterocycles. The molecule has 0 spiro atoms. The van der Waals surface area contributed by atoms with Crippen molar-refractivity contribution in [2.24, 2.45) is 5.92 Å². The van der Waals surface area contributed by atoms with Gasteiger partial charge in [-0.25, -0.2) is 0 Å². The Morgan fingerprint density at radius 2 is 1.92 bits per heavy atom. The zero-order valence-corrected chi connectivity index (χ0v) is 14.8. The first kappa shape index (κ1) is 17.2. The molecule has 0 unspecified atom stereocenters. The van der Waals surface area contributed by atoms with Crippen molar-refractivity contribution in [3.05, 3.63) is 29.8 Å². The van der Waals surface area contributed by atoms with Gasteiger partial charge in [-0.05, 0) is 30.0 Å². The Kier molecular flexibility index (Phi) is 5.74. The fourth-order valence-corrected chi connectivity index (χ4v) is 3.63. The fourth-order valence-electron chi connectivity index (χ4n) is 3.63. The molecule has 5 heteroatoms. The molecule has 24 heavy (non-hydrogen) atoms. The van der Waals surface area contributed by atoms with E-state index in [0.717, 1.165) is 52.4 Å². The molecule has 0 radical (unpaired) electrons. The van der Waals surface area contributed by atoms with Gasteiger partial charge >= 0.3 is 0 Å². The summed E-state index contributed by atoms with van der Waals surface area (Å²) >= 11 is 0. The highest BCUT2D eigenvalue weighted by Crippen LogP contribution is 2.19. The van der Waals surface area contributed by atoms with Crippen LogP contribution in [0.25, 0.3) is 0 Å². The monoisotopic (exact) mass is 331 g/mol. The minimum Gasteiger partial charge on any atom is -0.378 e. The fraction of sp³-hybridized carbons (Fsp3) is 0.632. The number of nitrogens with zero attached hydrogens (tertiary/aromatic N) is 2. The molecule has 0 aliphatic carbocycles. The Bertz CT molecular complexity index is 540. The number of rotatable bonds is 4. The molecule has 2 aliphatic rings. The third-order valence-electron chi connectivity index (χ3n) is 5.23. The highest BCUT2D eigenvalue weighted by atomic mass is 16.5. The Labute approximate surface area is 145 Å². The number of hydrogen-bond acceptors (Lipinski definition) is 4. The van der Waals surface area contributed by atoms with Gasteiger partial charge in [0.1, 0.15) is 0 Å². The molecule has 1 aromatic rings. The molecule has 0 aromatic heterocycles. The third-order valence-corrected chi connectivity index (χ3v) is 5.23. The van der Waals surface area contributed by atoms with Crippen molar-refractivity contribution in [1.29, 1.82) is 0 Å². The number of amides is 1. The smallest absolute Gasteiger partial charge is 0.219 e. The van der Waals surface area contributed by atoms with Gasteiger partial charge in [-0.15, -0.1) is 0 Å². The van der Waals surface area contributed by atoms with Gasteiger partial charge in [-0.1, -0.05) is 19.1 Å². The SMILES string of the molecule is CC(=O)N1CC[C@H](NCc2ccc(N3CCOCC3)cc2)[C@@H](C)C1. The van der Waals surface area contributed by atoms with Crippen LogP contribution in [0.3, 0.4) is 0 Å². The van der Waals surface area contributed by atoms with Crippen LogP contribution in [0.5, 0.6) is 0 Å². The summed E-state index contributed by atoms with van der Waals surface area (Å²) in [5.74, 6) is 0.689. The standard InChI is InChI=1S/C19H29N3O2/c1-15-14-22(16(2)23)8-7-19(15)20-13-17-3-5-18(6-4-17)21-9-11-24-12-10-21/h3-6,15,19-20H,7-14H2,1-2H3/t15-,19-/m0/s1. The molecule has 3 rings (SSSR count). The van der Waals surface area contributed by atoms with Crippen LogP contribution in [0.2, 0.25) is 0 Å². The summed E-state index contributed by atoms with van der Waals surface area (Å²) in [6.07, 6.45) is 1.03. The van der Waals surface area contributed by atoms with Crippen LogP contribution >= 0.6 is 0 Å². The third kappa shape index (κ3) is 4.28. The second-order valence-corrected chi connectivity index (χ2v) is 6.98. The van der Waals surface area contributed by atoms with E-state index in [1.165, 1.54) is 11.3 Å². The first-order valence-electron chi connectivity index (χ1n) is 9.04. The van der Waals surface area contributed by atoms with E-state index < -0.39 is 0 Å². The number of hydrogen-bond donors (Lipinski definition) is 1. The molecule has 0 bridgehead atoms. The van der Waals surface area contributed by atoms with Crippen LogP contribution in [-0.2, 0) is 16.1 Å². The average molecular weight is 331 g/mol. The van der Waals surface area contributed by atoms with Crippen molar-refractivity contribution in [1.82, 2.24) is 10.2 Å². The van der Waals surface area contributed by atoms with Crippen molar-refractivity contribution < 1.29 is 9.53 Å². The largest absolute Gasteiger partial charge is 0.378 e. The molecule has 1 N–H and O–H groups in total. The first-order valence-corrected chi connectivity index (χ1v) is 9.04. The van der Waals surface area contributed by atoms with E-state index in [9.17, 15) is 4.79 Å². The molecule has 2 fully saturated rings. The maximum atomic E-state index is 11.5. The van der Waals surface area contributed by atoms with Crippen LogP contribution in [-0.4, -0.2) is 56.2 Å². The minimum absolute atomic E-state index is 0.194. The van der Waals surface area contributed by atoms with E-state index in [-0.39, 0.29) is 5.91 Å². The van der Waals surface area contributed by atoms with Crippen molar-refractivity contribution in [3.8, 4) is 0 Å². The molecule has 1 aromatic carbocycles. The second kappa shape index (κ2) is 7.99. The quantitative estimate of drug-likeness (QED) is 0.915. The summed E-state index contributed by atoms with van der Waals surface area (Å²) in [5.41, 5.74) is 2.60. The van der Waals surface area contributed by atoms with E-state index in [0.29, 0.717) is 12.0 Å². The number of benzene rings is 1. The Morgan fingerprint density at radius 1 is 1.21 bits per heavy atom. The van der Waals surface area contributed by atoms with Gasteiger partial charge in [0.2, 0.25) is 5.91 Å². The lowest BCUT2D eigenvalue weighted by Gasteiger charge is -2.37. The number of ether oxygens (including phenoxy) is 1. The first-order chi connectivity index (χ1) is 11.6. The summed E-state index contributed by atoms with van der Waals surface area (Å²) in [4.78, 5) is 15.8. The molecule has 5 nitrogen and oxygen atoms in total. The van der Waals surface area contributed by atoms with Crippen LogP contribution in [0.4, 0.5) is 5.69 Å². The van der Waals surface area contributed by atoms with E-state index in [4.69, 9.17) is 4.74 Å². The second-order valence-electron chi connectivity index (χ2n) is 6.98. The van der Waals surface area contributed by atoms with E-state index >= 15 is 0 Å². The Morgan fingerprint density at radius 3 is 2.54 bits per heavy atom. The number of nitrogens with one attached hydrogen (secondary N) is 1. The molecule has 0 saturated carbocycles. The number of carbonyl (C=O) groups excluding carboxylic acids is 1. The van der Waals surface area contributed by atoms with Crippen LogP contribution in [0.15, 0.2) is 24.3 Å². The van der Waals surface area contributed by atoms with Gasteiger partial charge in [0, 0.05) is 51.4 Å². The van der Waals surface area contributed by atoms with Crippen LogP contribution in [0.1, 0.15) is 25.8 Å². The predicted octanol–water partition coefficient (Wildman–Crippen LogP) is 1.87. The maximum Gasteiger partial charge on any atom is 0.219 e. The molecule has 132 valence electrons. The van der Waals surface area contributed by atoms with Crippen LogP contribution in [0, 0.1) is 5.92 Å². The van der Waals surface area contributed by atoms with E-state index in [2.05, 4.69) is 41.4 Å². The van der Waals surface area contributed by atoms with Crippen molar-refractivity contribution in [2.75, 3.05) is 44.3 Å². The summed E-state index contributed by atoms with van der Waals surface area (Å²) in [6, 6.07) is 9.34. The lowest BCUT2D eigenvalue weighted by atomic mass is 9.93. The van der Waals surface area contributed by atoms with Gasteiger partial charge in [0.05, 0.1) is 13.2 Å². The predicted molar refractivity (Wildman–Crippen MR) is 96.1 cm³/mol. The molecular formula is C19H29N3O2. The molecule has 2 atom stereocenters. The van der Waals surface area contributed by atoms with Crippen molar-refractivity contribution in [2.45, 2.75) is 32.9 Å². The summed E-state index contributed by atoms with van der Waals surface area (Å²) in [5, 5.41) is 3.67. The van der Waals surface area contributed by atoms with Gasteiger partial charge in [-0.3, -0.25) is 4.79 Å². The van der Waals surface area contributed by atoms with Gasteiger partial charge in [-0.2, -0.15) is 0 Å². The van der Waals surface area contributed by atoms with Gasteiger partial charge in [0.25, 0.3) is 0 Å². The van der Waals surface area contributed by atoms with Crippen LogP contribution < -0.4 is 10.2 Å². The lowest BCUT2D eigenvalue weighted by molar-refractivity contribution is -0.130. The molecule has 1 amide bonds. The zero-order valence-electron chi connectivity index (χ0n) is 14.8. The number of anilines is 1. The molecule has 2 heterocycles. The maximum absolute atomic E-state index is 11.5.